The third-order valence-electron chi connectivity index (χ3n) is 9.97. The van der Waals surface area contributed by atoms with E-state index in [4.69, 9.17) is 68.7 Å². The van der Waals surface area contributed by atoms with E-state index in [1.165, 1.54) is 0 Å². The van der Waals surface area contributed by atoms with Crippen LogP contribution in [0.5, 0.6) is 0 Å². The zero-order chi connectivity index (χ0) is 53.4. The summed E-state index contributed by atoms with van der Waals surface area (Å²) in [6.45, 7) is 3.51. The largest absolute Gasteiger partial charge is 0.463 e. The third kappa shape index (κ3) is 23.0. The molecule has 0 saturated carbocycles. The highest BCUT2D eigenvalue weighted by Gasteiger charge is 2.52. The number of primary amides is 2. The molecule has 9 N–H and O–H groups in total. The number of esters is 6. The minimum atomic E-state index is -1.58. The lowest BCUT2D eigenvalue weighted by Crippen LogP contribution is -2.60. The second kappa shape index (κ2) is 31.1. The number of nitrogens with two attached hydrogens (primary N) is 2. The fourth-order valence-electron chi connectivity index (χ4n) is 7.15. The van der Waals surface area contributed by atoms with Crippen LogP contribution in [0.15, 0.2) is 0 Å². The topological polar surface area (TPSA) is 418 Å². The maximum Gasteiger partial charge on any atom is 0.407 e. The Morgan fingerprint density at radius 3 is 1.37 bits per heavy atom. The highest BCUT2D eigenvalue weighted by molar-refractivity contribution is 5.91. The van der Waals surface area contributed by atoms with Crippen molar-refractivity contribution in [3.05, 3.63) is 0 Å². The Morgan fingerprint density at radius 2 is 0.986 bits per heavy atom. The normalized spacial score (nSPS) is 24.6. The van der Waals surface area contributed by atoms with Gasteiger partial charge < -0.3 is 89.7 Å². The van der Waals surface area contributed by atoms with Gasteiger partial charge in [-0.05, 0) is 12.8 Å². The van der Waals surface area contributed by atoms with E-state index >= 15 is 0 Å². The van der Waals surface area contributed by atoms with Crippen molar-refractivity contribution in [3.8, 4) is 0 Å². The van der Waals surface area contributed by atoms with Gasteiger partial charge in [0, 0.05) is 67.5 Å². The second-order valence-electron chi connectivity index (χ2n) is 16.1. The molecule has 29 heteroatoms. The quantitative estimate of drug-likeness (QED) is 0.0214. The van der Waals surface area contributed by atoms with E-state index in [0.717, 1.165) is 41.5 Å². The lowest BCUT2D eigenvalue weighted by molar-refractivity contribution is -0.291. The Kier molecular flexibility index (Phi) is 26.7. The van der Waals surface area contributed by atoms with Crippen molar-refractivity contribution in [1.82, 2.24) is 16.0 Å². The van der Waals surface area contributed by atoms with Gasteiger partial charge in [0.25, 0.3) is 0 Å². The molecule has 2 rings (SSSR count). The number of nitrogens with one attached hydrogen (secondary N) is 3. The summed E-state index contributed by atoms with van der Waals surface area (Å²) >= 11 is 0. The van der Waals surface area contributed by atoms with Gasteiger partial charge in [-0.25, -0.2) is 4.79 Å². The van der Waals surface area contributed by atoms with Gasteiger partial charge in [0.2, 0.25) is 23.6 Å². The van der Waals surface area contributed by atoms with Crippen molar-refractivity contribution in [2.75, 3.05) is 52.7 Å². The first-order valence-corrected chi connectivity index (χ1v) is 22.2. The van der Waals surface area contributed by atoms with E-state index in [1.807, 2.05) is 0 Å². The molecular formula is C42H65N5O24. The molecule has 71 heavy (non-hydrogen) atoms. The molecule has 12 atom stereocenters. The van der Waals surface area contributed by atoms with Crippen molar-refractivity contribution < 1.29 is 115 Å². The zero-order valence-corrected chi connectivity index (χ0v) is 40.2. The molecule has 402 valence electrons. The lowest BCUT2D eigenvalue weighted by Gasteiger charge is -2.44. The zero-order valence-electron chi connectivity index (χ0n) is 40.2. The van der Waals surface area contributed by atoms with E-state index in [9.17, 15) is 57.8 Å². The Morgan fingerprint density at radius 1 is 0.577 bits per heavy atom. The average molecular weight is 1020 g/mol. The fraction of sp³-hybridized carbons (Fsp3) is 0.738. The number of aliphatic hydroxyl groups is 2. The molecule has 2 fully saturated rings. The molecule has 0 aliphatic carbocycles. The summed E-state index contributed by atoms with van der Waals surface area (Å²) in [5, 5.41) is 26.0. The minimum Gasteiger partial charge on any atom is -0.463 e. The standard InChI is InChI=1S/C42H65N5O24/c1-20(49)63-18-30-37(68-24(5)53)35(66-22(3)51)27(13-32(43)56)40(70-30)61-11-7-9-45-34(58)15-29(47-42(60)65-17-26(55)16-48)39(59)46-10-8-12-62-41-28(14-33(44)57)36(67-23(4)52)38(69-25(6)54)31(71-41)19-64-21(2)50/h26-31,35-38,40-41,48,55H,7-19H2,1-6H3,(H2,43,56)(H2,44,57)(H,45,58)(H,46,59)(H,47,60)/t26-,27-,28-,29+,30-,31-,35-,36-,37+,38+,40-,41-/m1/s1. The summed E-state index contributed by atoms with van der Waals surface area (Å²) in [4.78, 5) is 135. The number of aliphatic hydroxyl groups excluding tert-OH is 2. The van der Waals surface area contributed by atoms with Gasteiger partial charge in [0.05, 0.1) is 38.1 Å². The number of hydrogen-bond acceptors (Lipinski definition) is 24. The van der Waals surface area contributed by atoms with Crippen LogP contribution in [0, 0.1) is 11.8 Å². The molecule has 0 radical (unpaired) electrons. The van der Waals surface area contributed by atoms with Crippen LogP contribution in [0.4, 0.5) is 4.79 Å². The van der Waals surface area contributed by atoms with E-state index in [0.29, 0.717) is 0 Å². The molecule has 2 aliphatic heterocycles. The number of carbonyl (C=O) groups excluding carboxylic acids is 11. The summed E-state index contributed by atoms with van der Waals surface area (Å²) in [7, 11) is 0. The Labute approximate surface area is 407 Å². The number of carbonyl (C=O) groups is 11. The maximum absolute atomic E-state index is 13.4. The third-order valence-corrected chi connectivity index (χ3v) is 9.97. The smallest absolute Gasteiger partial charge is 0.407 e. The molecule has 0 unspecified atom stereocenters. The molecule has 2 heterocycles. The molecule has 0 bridgehead atoms. The van der Waals surface area contributed by atoms with Gasteiger partial charge in [-0.2, -0.15) is 0 Å². The molecule has 0 aromatic rings. The van der Waals surface area contributed by atoms with Crippen molar-refractivity contribution in [1.29, 1.82) is 0 Å². The first kappa shape index (κ1) is 60.9. The van der Waals surface area contributed by atoms with Gasteiger partial charge in [-0.1, -0.05) is 0 Å². The summed E-state index contributed by atoms with van der Waals surface area (Å²) in [5.41, 5.74) is 11.0. The number of alkyl carbamates (subject to hydrolysis) is 1. The van der Waals surface area contributed by atoms with Crippen LogP contribution in [-0.2, 0) is 100 Å². The van der Waals surface area contributed by atoms with E-state index in [2.05, 4.69) is 16.0 Å². The monoisotopic (exact) mass is 1020 g/mol. The summed E-state index contributed by atoms with van der Waals surface area (Å²) in [5.74, 6) is -10.3. The minimum absolute atomic E-state index is 0.0166. The molecule has 29 nitrogen and oxygen atoms in total. The fourth-order valence-corrected chi connectivity index (χ4v) is 7.15. The van der Waals surface area contributed by atoms with Crippen molar-refractivity contribution in [2.45, 2.75) is 135 Å². The lowest BCUT2D eigenvalue weighted by atomic mass is 9.87. The first-order valence-electron chi connectivity index (χ1n) is 22.2. The van der Waals surface area contributed by atoms with Crippen LogP contribution in [0.1, 0.15) is 73.6 Å². The number of ether oxygens (including phenoxy) is 11. The summed E-state index contributed by atoms with van der Waals surface area (Å²) < 4.78 is 60.2. The van der Waals surface area contributed by atoms with Gasteiger partial charge >= 0.3 is 41.9 Å². The van der Waals surface area contributed by atoms with E-state index < -0.39 is 184 Å². The van der Waals surface area contributed by atoms with Gasteiger partial charge in [-0.3, -0.25) is 47.9 Å². The molecule has 2 aliphatic rings. The Hall–Kier alpha value is -6.27. The van der Waals surface area contributed by atoms with Crippen molar-refractivity contribution >= 4 is 65.5 Å². The highest BCUT2D eigenvalue weighted by atomic mass is 16.7. The molecular weight excluding hydrogens is 958 g/mol. The van der Waals surface area contributed by atoms with Crippen LogP contribution < -0.4 is 27.4 Å². The molecule has 5 amide bonds. The molecule has 2 saturated heterocycles. The average Bonchev–Trinajstić information content (AvgIpc) is 3.26. The molecule has 0 spiro atoms. The molecule has 0 aromatic carbocycles. The highest BCUT2D eigenvalue weighted by Crippen LogP contribution is 2.35. The SMILES string of the molecule is CC(=O)OC[C@H]1O[C@@H](OCCCNC(=O)C[C@H](NC(=O)OC[C@H](O)CO)C(=O)NCCCO[C@@H]2O[C@H](COC(C)=O)[C@H](OC(C)=O)[C@H](OC(C)=O)[C@H]2CC(N)=O)[C@H](CC(N)=O)[C@@H](OC(C)=O)[C@H]1OC(C)=O. The van der Waals surface area contributed by atoms with Crippen LogP contribution in [-0.4, -0.2) is 190 Å². The number of rotatable bonds is 29. The Balaban J connectivity index is 2.14. The first-order chi connectivity index (χ1) is 33.4. The molecule has 0 aromatic heterocycles. The predicted molar refractivity (Wildman–Crippen MR) is 231 cm³/mol. The van der Waals surface area contributed by atoms with Crippen LogP contribution >= 0.6 is 0 Å². The van der Waals surface area contributed by atoms with Gasteiger partial charge in [0.1, 0.15) is 56.4 Å². The maximum atomic E-state index is 13.4. The van der Waals surface area contributed by atoms with Crippen LogP contribution in [0.2, 0.25) is 0 Å². The van der Waals surface area contributed by atoms with E-state index in [1.54, 1.807) is 0 Å². The summed E-state index contributed by atoms with van der Waals surface area (Å²) in [6.07, 6.45) is -14.8. The van der Waals surface area contributed by atoms with Crippen LogP contribution in [0.3, 0.4) is 0 Å². The van der Waals surface area contributed by atoms with E-state index in [-0.39, 0.29) is 39.1 Å². The van der Waals surface area contributed by atoms with Crippen LogP contribution in [0.25, 0.3) is 0 Å². The summed E-state index contributed by atoms with van der Waals surface area (Å²) in [6, 6.07) is -1.58. The second-order valence-corrected chi connectivity index (χ2v) is 16.1. The van der Waals surface area contributed by atoms with Crippen molar-refractivity contribution in [2.24, 2.45) is 23.3 Å². The van der Waals surface area contributed by atoms with Crippen molar-refractivity contribution in [3.63, 3.8) is 0 Å². The number of hydrogen-bond donors (Lipinski definition) is 7. The Bertz CT molecular complexity index is 1850. The predicted octanol–water partition coefficient (Wildman–Crippen LogP) is -3.84. The van der Waals surface area contributed by atoms with Gasteiger partial charge in [-0.15, -0.1) is 0 Å². The van der Waals surface area contributed by atoms with Gasteiger partial charge in [0.15, 0.2) is 24.8 Å². The number of amides is 5.